The molecule has 5 heteroatoms. The highest BCUT2D eigenvalue weighted by Crippen LogP contribution is 2.22. The van der Waals surface area contributed by atoms with Crippen LogP contribution in [0.5, 0.6) is 0 Å². The summed E-state index contributed by atoms with van der Waals surface area (Å²) in [6.45, 7) is 3.05. The van der Waals surface area contributed by atoms with Crippen molar-refractivity contribution in [2.45, 2.75) is 0 Å². The minimum Gasteiger partial charge on any atom is -0.378 e. The Morgan fingerprint density at radius 3 is 2.71 bits per heavy atom. The molecular formula is C12H14N2O3. The van der Waals surface area contributed by atoms with Gasteiger partial charge in [0.05, 0.1) is 18.1 Å². The second-order valence-electron chi connectivity index (χ2n) is 3.76. The van der Waals surface area contributed by atoms with Crippen LogP contribution in [-0.4, -0.2) is 31.2 Å². The highest BCUT2D eigenvalue weighted by atomic mass is 16.6. The summed E-state index contributed by atoms with van der Waals surface area (Å²) in [5.74, 6) is 0. The van der Waals surface area contributed by atoms with Crippen molar-refractivity contribution in [3.8, 4) is 0 Å². The number of hydrogen-bond acceptors (Lipinski definition) is 4. The molecule has 1 aromatic carbocycles. The van der Waals surface area contributed by atoms with Gasteiger partial charge in [-0.15, -0.1) is 0 Å². The Balaban J connectivity index is 2.23. The molecule has 0 aromatic heterocycles. The third-order valence-electron chi connectivity index (χ3n) is 2.66. The molecule has 1 aromatic rings. The summed E-state index contributed by atoms with van der Waals surface area (Å²) in [6, 6.07) is 7.67. The van der Waals surface area contributed by atoms with Gasteiger partial charge in [-0.2, -0.15) is 0 Å². The molecule has 1 fully saturated rings. The van der Waals surface area contributed by atoms with Crippen molar-refractivity contribution >= 4 is 11.8 Å². The van der Waals surface area contributed by atoms with Crippen LogP contribution in [0.15, 0.2) is 30.5 Å². The number of hydrogen-bond donors (Lipinski definition) is 0. The van der Waals surface area contributed by atoms with Gasteiger partial charge in [-0.25, -0.2) is 0 Å². The maximum Gasteiger partial charge on any atom is 0.235 e. The van der Waals surface area contributed by atoms with Gasteiger partial charge in [0.2, 0.25) is 6.20 Å². The molecular weight excluding hydrogens is 220 g/mol. The lowest BCUT2D eigenvalue weighted by molar-refractivity contribution is -0.400. The molecule has 1 heterocycles. The molecule has 0 spiro atoms. The van der Waals surface area contributed by atoms with Gasteiger partial charge in [0.1, 0.15) is 0 Å². The Morgan fingerprint density at radius 2 is 2.00 bits per heavy atom. The fourth-order valence-electron chi connectivity index (χ4n) is 1.86. The molecule has 1 saturated heterocycles. The van der Waals surface area contributed by atoms with Crippen molar-refractivity contribution in [1.29, 1.82) is 0 Å². The van der Waals surface area contributed by atoms with Gasteiger partial charge in [-0.05, 0) is 6.07 Å². The summed E-state index contributed by atoms with van der Waals surface area (Å²) < 4.78 is 5.29. The van der Waals surface area contributed by atoms with E-state index in [0.29, 0.717) is 13.2 Å². The van der Waals surface area contributed by atoms with Gasteiger partial charge in [0.25, 0.3) is 0 Å². The van der Waals surface area contributed by atoms with Crippen LogP contribution in [0, 0.1) is 10.1 Å². The van der Waals surface area contributed by atoms with E-state index in [2.05, 4.69) is 4.90 Å². The Labute approximate surface area is 99.5 Å². The smallest absolute Gasteiger partial charge is 0.235 e. The molecule has 1 aliphatic rings. The normalized spacial score (nSPS) is 16.4. The zero-order valence-corrected chi connectivity index (χ0v) is 9.41. The second kappa shape index (κ2) is 5.45. The van der Waals surface area contributed by atoms with Crippen LogP contribution in [0.1, 0.15) is 5.56 Å². The lowest BCUT2D eigenvalue weighted by Crippen LogP contribution is -2.36. The largest absolute Gasteiger partial charge is 0.378 e. The summed E-state index contributed by atoms with van der Waals surface area (Å²) >= 11 is 0. The van der Waals surface area contributed by atoms with E-state index in [1.54, 1.807) is 0 Å². The minimum absolute atomic E-state index is 0.448. The molecule has 0 radical (unpaired) electrons. The zero-order valence-electron chi connectivity index (χ0n) is 9.41. The van der Waals surface area contributed by atoms with Gasteiger partial charge < -0.3 is 9.64 Å². The van der Waals surface area contributed by atoms with Crippen molar-refractivity contribution in [1.82, 2.24) is 0 Å². The maximum atomic E-state index is 10.3. The molecule has 90 valence electrons. The van der Waals surface area contributed by atoms with E-state index in [1.165, 1.54) is 6.08 Å². The third kappa shape index (κ3) is 3.04. The number of benzene rings is 1. The molecule has 2 rings (SSSR count). The molecule has 1 aliphatic heterocycles. The molecule has 5 nitrogen and oxygen atoms in total. The average Bonchev–Trinajstić information content (AvgIpc) is 2.38. The van der Waals surface area contributed by atoms with E-state index in [-0.39, 0.29) is 0 Å². The van der Waals surface area contributed by atoms with Gasteiger partial charge in [0, 0.05) is 30.4 Å². The van der Waals surface area contributed by atoms with Gasteiger partial charge >= 0.3 is 0 Å². The van der Waals surface area contributed by atoms with Crippen molar-refractivity contribution in [2.75, 3.05) is 31.2 Å². The molecule has 17 heavy (non-hydrogen) atoms. The number of nitrogens with zero attached hydrogens (tertiary/aromatic N) is 2. The molecule has 0 N–H and O–H groups in total. The first-order valence-corrected chi connectivity index (χ1v) is 5.51. The molecule has 0 atom stereocenters. The summed E-state index contributed by atoms with van der Waals surface area (Å²) in [4.78, 5) is 12.1. The fourth-order valence-corrected chi connectivity index (χ4v) is 1.86. The van der Waals surface area contributed by atoms with Crippen LogP contribution in [0.2, 0.25) is 0 Å². The van der Waals surface area contributed by atoms with E-state index < -0.39 is 4.92 Å². The first-order chi connectivity index (χ1) is 8.27. The number of anilines is 1. The van der Waals surface area contributed by atoms with Gasteiger partial charge in [-0.3, -0.25) is 10.1 Å². The molecule has 0 saturated carbocycles. The van der Waals surface area contributed by atoms with Crippen LogP contribution in [0.25, 0.3) is 6.08 Å². The first-order valence-electron chi connectivity index (χ1n) is 5.51. The summed E-state index contributed by atoms with van der Waals surface area (Å²) in [5, 5.41) is 10.3. The highest BCUT2D eigenvalue weighted by Gasteiger charge is 2.13. The molecule has 0 bridgehead atoms. The molecule has 0 aliphatic carbocycles. The monoisotopic (exact) mass is 234 g/mol. The predicted octanol–water partition coefficient (Wildman–Crippen LogP) is 1.77. The number of ether oxygens (including phenoxy) is 1. The topological polar surface area (TPSA) is 55.6 Å². The Kier molecular flexibility index (Phi) is 3.72. The van der Waals surface area contributed by atoms with E-state index in [9.17, 15) is 10.1 Å². The zero-order chi connectivity index (χ0) is 12.1. The maximum absolute atomic E-state index is 10.3. The van der Waals surface area contributed by atoms with Crippen molar-refractivity contribution in [2.24, 2.45) is 0 Å². The Bertz CT molecular complexity index is 426. The Morgan fingerprint density at radius 1 is 1.29 bits per heavy atom. The standard InChI is InChI=1S/C12H14N2O3/c15-14(16)6-5-11-3-1-2-4-12(11)13-7-9-17-10-8-13/h1-6H,7-10H2/b6-5+. The number of para-hydroxylation sites is 1. The van der Waals surface area contributed by atoms with E-state index >= 15 is 0 Å². The lowest BCUT2D eigenvalue weighted by Gasteiger charge is -2.30. The highest BCUT2D eigenvalue weighted by molar-refractivity contribution is 5.67. The van der Waals surface area contributed by atoms with Crippen LogP contribution < -0.4 is 4.90 Å². The second-order valence-corrected chi connectivity index (χ2v) is 3.76. The third-order valence-corrected chi connectivity index (χ3v) is 2.66. The number of nitro groups is 1. The van der Waals surface area contributed by atoms with E-state index in [0.717, 1.165) is 30.5 Å². The SMILES string of the molecule is O=[N+]([O-])/C=C/c1ccccc1N1CCOCC1. The van der Waals surface area contributed by atoms with E-state index in [1.807, 2.05) is 24.3 Å². The van der Waals surface area contributed by atoms with Crippen LogP contribution >= 0.6 is 0 Å². The molecule has 0 amide bonds. The summed E-state index contributed by atoms with van der Waals surface area (Å²) in [7, 11) is 0. The van der Waals surface area contributed by atoms with Crippen LogP contribution in [-0.2, 0) is 4.74 Å². The fraction of sp³-hybridized carbons (Fsp3) is 0.333. The van der Waals surface area contributed by atoms with E-state index in [4.69, 9.17) is 4.74 Å². The summed E-state index contributed by atoms with van der Waals surface area (Å²) in [6.07, 6.45) is 2.50. The summed E-state index contributed by atoms with van der Waals surface area (Å²) in [5.41, 5.74) is 1.89. The quantitative estimate of drug-likeness (QED) is 0.590. The van der Waals surface area contributed by atoms with Crippen LogP contribution in [0.3, 0.4) is 0 Å². The van der Waals surface area contributed by atoms with Gasteiger partial charge in [0.15, 0.2) is 0 Å². The number of rotatable bonds is 3. The first kappa shape index (κ1) is 11.6. The van der Waals surface area contributed by atoms with Crippen molar-refractivity contribution in [3.63, 3.8) is 0 Å². The van der Waals surface area contributed by atoms with Gasteiger partial charge in [-0.1, -0.05) is 18.2 Å². The Hall–Kier alpha value is -1.88. The van der Waals surface area contributed by atoms with Crippen molar-refractivity contribution < 1.29 is 9.66 Å². The predicted molar refractivity (Wildman–Crippen MR) is 65.5 cm³/mol. The minimum atomic E-state index is -0.448. The van der Waals surface area contributed by atoms with Crippen molar-refractivity contribution in [3.05, 3.63) is 46.1 Å². The molecule has 0 unspecified atom stereocenters. The van der Waals surface area contributed by atoms with Crippen LogP contribution in [0.4, 0.5) is 5.69 Å². The number of morpholine rings is 1. The lowest BCUT2D eigenvalue weighted by atomic mass is 10.1. The average molecular weight is 234 g/mol.